The van der Waals surface area contributed by atoms with Crippen LogP contribution in [0.5, 0.6) is 0 Å². The van der Waals surface area contributed by atoms with Gasteiger partial charge < -0.3 is 43.2 Å². The first kappa shape index (κ1) is 35.7. The predicted molar refractivity (Wildman–Crippen MR) is 170 cm³/mol. The molecule has 47 heavy (non-hydrogen) atoms. The number of esters is 2. The molecule has 5 rings (SSSR count). The van der Waals surface area contributed by atoms with E-state index in [0.717, 1.165) is 6.42 Å². The van der Waals surface area contributed by atoms with Gasteiger partial charge in [0.2, 0.25) is 0 Å². The Morgan fingerprint density at radius 2 is 1.98 bits per heavy atom. The van der Waals surface area contributed by atoms with E-state index in [-0.39, 0.29) is 31.0 Å². The van der Waals surface area contributed by atoms with E-state index < -0.39 is 54.0 Å². The summed E-state index contributed by atoms with van der Waals surface area (Å²) in [5.41, 5.74) is 1.09. The molecule has 0 aromatic carbocycles. The molecule has 12 heteroatoms. The second-order valence-electron chi connectivity index (χ2n) is 14.4. The quantitative estimate of drug-likeness (QED) is 0.228. The molecule has 2 bridgehead atoms. The molecule has 0 saturated carbocycles. The number of imidazole rings is 1. The number of aryl methyl sites for hydroxylation is 1. The summed E-state index contributed by atoms with van der Waals surface area (Å²) in [7, 11) is 3.50. The van der Waals surface area contributed by atoms with Gasteiger partial charge in [-0.05, 0) is 69.3 Å². The standard InChI is InChI=1S/C35H52N2O10/c1-20(2)25-10-8-21(3)26-15-29(46-30(40)11-9-24-16-37(6)19-36-24)34(5)12-13-35(42-7,47-34)23(14-27(25)26)17-43-33-32(45-22(4)38)31(41)28(39)18-44-33/h8-9,11,16,19-20,23,25-29,31-33,39,41H,10,12-15,17-18H2,1-7H3/t23?,25-,26+,27-,28-,29+,31-,32+,33-,34+,35-/m1/s1. The summed E-state index contributed by atoms with van der Waals surface area (Å²) >= 11 is 0. The van der Waals surface area contributed by atoms with Crippen LogP contribution in [0.2, 0.25) is 0 Å². The number of aliphatic hydroxyl groups excluding tert-OH is 2. The minimum Gasteiger partial charge on any atom is -0.456 e. The van der Waals surface area contributed by atoms with Crippen molar-refractivity contribution in [3.05, 3.63) is 35.9 Å². The molecule has 0 radical (unpaired) electrons. The Morgan fingerprint density at radius 1 is 1.21 bits per heavy atom. The highest BCUT2D eigenvalue weighted by atomic mass is 16.7. The number of ether oxygens (including phenoxy) is 6. The summed E-state index contributed by atoms with van der Waals surface area (Å²) in [4.78, 5) is 29.4. The van der Waals surface area contributed by atoms with Crippen molar-refractivity contribution in [3.63, 3.8) is 0 Å². The Labute approximate surface area is 277 Å². The van der Waals surface area contributed by atoms with Crippen LogP contribution in [0.1, 0.15) is 72.4 Å². The number of aromatic nitrogens is 2. The zero-order valence-corrected chi connectivity index (χ0v) is 28.7. The Bertz CT molecular complexity index is 1330. The highest BCUT2D eigenvalue weighted by Gasteiger charge is 2.59. The van der Waals surface area contributed by atoms with Gasteiger partial charge in [-0.1, -0.05) is 25.5 Å². The molecule has 3 saturated heterocycles. The fourth-order valence-electron chi connectivity index (χ4n) is 8.14. The summed E-state index contributed by atoms with van der Waals surface area (Å²) in [5, 5.41) is 20.8. The molecule has 0 amide bonds. The van der Waals surface area contributed by atoms with E-state index in [9.17, 15) is 19.8 Å². The minimum atomic E-state index is -1.36. The Hall–Kier alpha value is -2.61. The van der Waals surface area contributed by atoms with Crippen LogP contribution in [-0.4, -0.2) is 94.1 Å². The molecular formula is C35H52N2O10. The van der Waals surface area contributed by atoms with E-state index in [1.807, 2.05) is 24.7 Å². The number of carbonyl (C=O) groups is 2. The topological polar surface area (TPSA) is 148 Å². The molecule has 2 N–H and O–H groups in total. The van der Waals surface area contributed by atoms with Crippen molar-refractivity contribution in [2.45, 2.75) is 109 Å². The van der Waals surface area contributed by atoms with E-state index in [0.29, 0.717) is 43.2 Å². The average molecular weight is 661 g/mol. The summed E-state index contributed by atoms with van der Waals surface area (Å²) in [6, 6.07) is 0. The fraction of sp³-hybridized carbons (Fsp3) is 0.743. The molecule has 4 aliphatic rings. The van der Waals surface area contributed by atoms with Crippen LogP contribution >= 0.6 is 0 Å². The Morgan fingerprint density at radius 3 is 2.64 bits per heavy atom. The largest absolute Gasteiger partial charge is 0.456 e. The number of allylic oxidation sites excluding steroid dienone is 2. The number of methoxy groups -OCH3 is 1. The maximum absolute atomic E-state index is 13.3. The third-order valence-electron chi connectivity index (χ3n) is 10.8. The lowest BCUT2D eigenvalue weighted by atomic mass is 9.62. The van der Waals surface area contributed by atoms with Gasteiger partial charge in [-0.15, -0.1) is 0 Å². The second kappa shape index (κ2) is 14.5. The number of carbonyl (C=O) groups excluding carboxylic acids is 2. The highest BCUT2D eigenvalue weighted by molar-refractivity contribution is 5.86. The normalized spacial score (nSPS) is 39.1. The number of hydrogen-bond acceptors (Lipinski definition) is 11. The maximum atomic E-state index is 13.3. The number of hydrogen-bond donors (Lipinski definition) is 2. The van der Waals surface area contributed by atoms with Crippen LogP contribution in [-0.2, 0) is 45.1 Å². The highest BCUT2D eigenvalue weighted by Crippen LogP contribution is 2.54. The molecule has 3 fully saturated rings. The van der Waals surface area contributed by atoms with Crippen LogP contribution in [0, 0.1) is 29.6 Å². The lowest BCUT2D eigenvalue weighted by molar-refractivity contribution is -0.308. The number of fused-ring (bicyclic) bond motifs is 3. The van der Waals surface area contributed by atoms with Crippen LogP contribution in [0.15, 0.2) is 30.2 Å². The summed E-state index contributed by atoms with van der Waals surface area (Å²) in [5.74, 6) is -1.31. The number of nitrogens with zero attached hydrogens (tertiary/aromatic N) is 2. The van der Waals surface area contributed by atoms with Crippen molar-refractivity contribution >= 4 is 18.0 Å². The molecule has 12 nitrogen and oxygen atoms in total. The van der Waals surface area contributed by atoms with Crippen molar-refractivity contribution in [2.24, 2.45) is 36.6 Å². The summed E-state index contributed by atoms with van der Waals surface area (Å²) in [6.45, 7) is 9.85. The lowest BCUT2D eigenvalue weighted by Crippen LogP contribution is -2.56. The van der Waals surface area contributed by atoms with E-state index in [2.05, 4.69) is 31.8 Å². The maximum Gasteiger partial charge on any atom is 0.331 e. The van der Waals surface area contributed by atoms with Crippen molar-refractivity contribution in [2.75, 3.05) is 20.3 Å². The monoisotopic (exact) mass is 660 g/mol. The van der Waals surface area contributed by atoms with Crippen LogP contribution in [0.25, 0.3) is 6.08 Å². The van der Waals surface area contributed by atoms with Gasteiger partial charge in [0, 0.05) is 45.7 Å². The summed E-state index contributed by atoms with van der Waals surface area (Å²) < 4.78 is 38.7. The molecule has 262 valence electrons. The molecule has 4 heterocycles. The molecule has 11 atom stereocenters. The first-order chi connectivity index (χ1) is 22.2. The molecule has 1 unspecified atom stereocenters. The number of rotatable bonds is 9. The van der Waals surface area contributed by atoms with Gasteiger partial charge in [0.1, 0.15) is 23.9 Å². The van der Waals surface area contributed by atoms with Crippen molar-refractivity contribution in [1.29, 1.82) is 0 Å². The van der Waals surface area contributed by atoms with E-state index in [4.69, 9.17) is 28.4 Å². The first-order valence-electron chi connectivity index (χ1n) is 16.8. The first-order valence-corrected chi connectivity index (χ1v) is 16.8. The van der Waals surface area contributed by atoms with Crippen LogP contribution in [0.4, 0.5) is 0 Å². The molecule has 1 aromatic rings. The lowest BCUT2D eigenvalue weighted by Gasteiger charge is -2.44. The van der Waals surface area contributed by atoms with E-state index >= 15 is 0 Å². The van der Waals surface area contributed by atoms with Gasteiger partial charge in [0.25, 0.3) is 0 Å². The van der Waals surface area contributed by atoms with Gasteiger partial charge in [0.05, 0.1) is 25.2 Å². The fourth-order valence-corrected chi connectivity index (χ4v) is 8.14. The average Bonchev–Trinajstić information content (AvgIpc) is 3.61. The van der Waals surface area contributed by atoms with E-state index in [1.165, 1.54) is 18.6 Å². The third-order valence-corrected chi connectivity index (χ3v) is 10.8. The molecule has 0 spiro atoms. The van der Waals surface area contributed by atoms with Crippen molar-refractivity contribution < 1.29 is 48.2 Å². The molecular weight excluding hydrogens is 608 g/mol. The third kappa shape index (κ3) is 7.68. The second-order valence-corrected chi connectivity index (χ2v) is 14.4. The van der Waals surface area contributed by atoms with Gasteiger partial charge >= 0.3 is 11.9 Å². The zero-order valence-electron chi connectivity index (χ0n) is 28.7. The van der Waals surface area contributed by atoms with Gasteiger partial charge in [-0.25, -0.2) is 9.78 Å². The van der Waals surface area contributed by atoms with Crippen molar-refractivity contribution in [3.8, 4) is 0 Å². The summed E-state index contributed by atoms with van der Waals surface area (Å²) in [6.07, 6.45) is 6.88. The molecule has 1 aliphatic carbocycles. The van der Waals surface area contributed by atoms with E-state index in [1.54, 1.807) is 19.5 Å². The van der Waals surface area contributed by atoms with Crippen LogP contribution in [0.3, 0.4) is 0 Å². The predicted octanol–water partition coefficient (Wildman–Crippen LogP) is 3.55. The van der Waals surface area contributed by atoms with Crippen LogP contribution < -0.4 is 0 Å². The smallest absolute Gasteiger partial charge is 0.331 e. The Kier molecular flexibility index (Phi) is 11.0. The molecule has 3 aliphatic heterocycles. The SMILES string of the molecule is CO[C@]12CC[C@](C)(O1)[C@@H](OC(=O)C=Cc1cn(C)cn1)C[C@H]1C(C)=CC[C@H](C(C)C)[C@H]1CC2CO[C@@H]1OC[C@@H](O)[C@@H](O)[C@@H]1OC(C)=O. The Balaban J connectivity index is 1.46. The van der Waals surface area contributed by atoms with Gasteiger partial charge in [-0.2, -0.15) is 0 Å². The van der Waals surface area contributed by atoms with Gasteiger partial charge in [0.15, 0.2) is 18.2 Å². The molecule has 1 aromatic heterocycles. The zero-order chi connectivity index (χ0) is 34.1. The van der Waals surface area contributed by atoms with Crippen molar-refractivity contribution in [1.82, 2.24) is 9.55 Å². The number of aliphatic hydroxyl groups is 2. The van der Waals surface area contributed by atoms with Gasteiger partial charge in [-0.3, -0.25) is 4.79 Å². The minimum absolute atomic E-state index is 0.126.